The Hall–Kier alpha value is 0.360. The Morgan fingerprint density at radius 3 is 1.16 bits per heavy atom. The van der Waals surface area contributed by atoms with Gasteiger partial charge in [0.1, 0.15) is 0 Å². The van der Waals surface area contributed by atoms with Crippen LogP contribution in [-0.4, -0.2) is 0 Å². The lowest BCUT2D eigenvalue weighted by atomic mass is 9.78. The number of benzene rings is 2. The van der Waals surface area contributed by atoms with Gasteiger partial charge < -0.3 is 0 Å². The molecular formula is C15H12Br4. The Morgan fingerprint density at radius 1 is 0.632 bits per heavy atom. The van der Waals surface area contributed by atoms with Crippen LogP contribution >= 0.6 is 63.7 Å². The Balaban J connectivity index is 2.73. The number of hydrogen-bond donors (Lipinski definition) is 0. The van der Waals surface area contributed by atoms with E-state index in [0.717, 1.165) is 17.9 Å². The summed E-state index contributed by atoms with van der Waals surface area (Å²) in [4.78, 5) is 0. The molecule has 0 radical (unpaired) electrons. The van der Waals surface area contributed by atoms with E-state index >= 15 is 0 Å². The lowest BCUT2D eigenvalue weighted by molar-refractivity contribution is 0.627. The molecule has 0 aliphatic heterocycles. The van der Waals surface area contributed by atoms with Gasteiger partial charge in [0.15, 0.2) is 0 Å². The molecule has 0 heterocycles. The first-order chi connectivity index (χ1) is 8.85. The summed E-state index contributed by atoms with van der Waals surface area (Å²) in [5.74, 6) is 0. The van der Waals surface area contributed by atoms with E-state index in [0.29, 0.717) is 0 Å². The van der Waals surface area contributed by atoms with Gasteiger partial charge in [-0.3, -0.25) is 0 Å². The molecule has 0 saturated carbocycles. The molecule has 0 nitrogen and oxygen atoms in total. The van der Waals surface area contributed by atoms with Gasteiger partial charge >= 0.3 is 0 Å². The van der Waals surface area contributed by atoms with Gasteiger partial charge in [-0.05, 0) is 35.4 Å². The standard InChI is InChI=1S/C15H12Br4/c1-15(2,13-9(16)5-3-6-10(13)17)14-11(18)7-4-8-12(14)19/h3-8H,1-2H3. The Morgan fingerprint density at radius 2 is 0.895 bits per heavy atom. The monoisotopic (exact) mass is 508 g/mol. The Bertz CT molecular complexity index is 524. The fourth-order valence-corrected chi connectivity index (χ4v) is 6.29. The molecule has 2 aromatic rings. The average molecular weight is 512 g/mol. The van der Waals surface area contributed by atoms with Crippen LogP contribution in [0.2, 0.25) is 0 Å². The summed E-state index contributed by atoms with van der Waals surface area (Å²) in [6.45, 7) is 4.45. The molecule has 0 unspecified atom stereocenters. The van der Waals surface area contributed by atoms with Crippen molar-refractivity contribution < 1.29 is 0 Å². The second kappa shape index (κ2) is 6.00. The maximum absolute atomic E-state index is 3.67. The van der Waals surface area contributed by atoms with E-state index < -0.39 is 0 Å². The second-order valence-corrected chi connectivity index (χ2v) is 8.24. The van der Waals surface area contributed by atoms with E-state index in [-0.39, 0.29) is 5.41 Å². The molecule has 0 aliphatic rings. The number of rotatable bonds is 2. The van der Waals surface area contributed by atoms with Crippen LogP contribution in [-0.2, 0) is 5.41 Å². The summed E-state index contributed by atoms with van der Waals surface area (Å²) in [5, 5.41) is 0. The average Bonchev–Trinajstić information content (AvgIpc) is 2.27. The maximum Gasteiger partial charge on any atom is 0.0227 e. The first-order valence-corrected chi connectivity index (χ1v) is 8.92. The zero-order valence-electron chi connectivity index (χ0n) is 10.5. The number of hydrogen-bond acceptors (Lipinski definition) is 0. The van der Waals surface area contributed by atoms with Crippen molar-refractivity contribution in [3.63, 3.8) is 0 Å². The van der Waals surface area contributed by atoms with Gasteiger partial charge in [0, 0.05) is 23.3 Å². The molecule has 2 rings (SSSR count). The summed E-state index contributed by atoms with van der Waals surface area (Å²) in [5.41, 5.74) is 2.34. The van der Waals surface area contributed by atoms with Gasteiger partial charge in [0.2, 0.25) is 0 Å². The molecule has 4 heteroatoms. The molecule has 19 heavy (non-hydrogen) atoms. The van der Waals surface area contributed by atoms with Crippen LogP contribution in [0, 0.1) is 0 Å². The second-order valence-electron chi connectivity index (χ2n) is 4.82. The van der Waals surface area contributed by atoms with Gasteiger partial charge in [-0.25, -0.2) is 0 Å². The zero-order valence-corrected chi connectivity index (χ0v) is 16.8. The fraction of sp³-hybridized carbons (Fsp3) is 0.200. The molecule has 0 saturated heterocycles. The van der Waals surface area contributed by atoms with Crippen molar-refractivity contribution in [2.24, 2.45) is 0 Å². The number of halogens is 4. The third kappa shape index (κ3) is 3.02. The molecule has 0 bridgehead atoms. The highest BCUT2D eigenvalue weighted by atomic mass is 79.9. The molecule has 0 N–H and O–H groups in total. The summed E-state index contributed by atoms with van der Waals surface area (Å²) in [6, 6.07) is 12.4. The molecule has 2 aromatic carbocycles. The molecule has 0 aliphatic carbocycles. The summed E-state index contributed by atoms with van der Waals surface area (Å²) >= 11 is 14.7. The smallest absolute Gasteiger partial charge is 0.0227 e. The summed E-state index contributed by atoms with van der Waals surface area (Å²) < 4.78 is 4.42. The topological polar surface area (TPSA) is 0 Å². The first-order valence-electron chi connectivity index (χ1n) is 5.74. The van der Waals surface area contributed by atoms with E-state index in [1.165, 1.54) is 11.1 Å². The SMILES string of the molecule is CC(C)(c1c(Br)cccc1Br)c1c(Br)cccc1Br. The Labute approximate surface area is 147 Å². The van der Waals surface area contributed by atoms with Crippen LogP contribution in [0.25, 0.3) is 0 Å². The van der Waals surface area contributed by atoms with E-state index in [2.05, 4.69) is 102 Å². The predicted octanol–water partition coefficient (Wildman–Crippen LogP) is 7.06. The normalized spacial score (nSPS) is 11.7. The molecule has 0 atom stereocenters. The minimum absolute atomic E-state index is 0.141. The molecular weight excluding hydrogens is 500 g/mol. The van der Waals surface area contributed by atoms with Crippen LogP contribution in [0.5, 0.6) is 0 Å². The van der Waals surface area contributed by atoms with Gasteiger partial charge in [-0.15, -0.1) is 0 Å². The molecule has 0 spiro atoms. The third-order valence-corrected chi connectivity index (χ3v) is 5.82. The minimum atomic E-state index is -0.141. The predicted molar refractivity (Wildman–Crippen MR) is 95.8 cm³/mol. The lowest BCUT2D eigenvalue weighted by Crippen LogP contribution is -2.21. The highest BCUT2D eigenvalue weighted by molar-refractivity contribution is 9.11. The van der Waals surface area contributed by atoms with Crippen molar-refractivity contribution in [3.8, 4) is 0 Å². The van der Waals surface area contributed by atoms with E-state index in [1.807, 2.05) is 12.1 Å². The first kappa shape index (κ1) is 15.7. The van der Waals surface area contributed by atoms with Crippen molar-refractivity contribution in [2.45, 2.75) is 19.3 Å². The van der Waals surface area contributed by atoms with E-state index in [1.54, 1.807) is 0 Å². The van der Waals surface area contributed by atoms with Crippen molar-refractivity contribution >= 4 is 63.7 Å². The van der Waals surface area contributed by atoms with Gasteiger partial charge in [0.25, 0.3) is 0 Å². The largest absolute Gasteiger partial charge is 0.0600 e. The van der Waals surface area contributed by atoms with Crippen LogP contribution in [0.4, 0.5) is 0 Å². The third-order valence-electron chi connectivity index (χ3n) is 3.18. The van der Waals surface area contributed by atoms with Crippen molar-refractivity contribution in [1.82, 2.24) is 0 Å². The maximum atomic E-state index is 3.67. The van der Waals surface area contributed by atoms with Crippen LogP contribution in [0.3, 0.4) is 0 Å². The van der Waals surface area contributed by atoms with Gasteiger partial charge in [-0.2, -0.15) is 0 Å². The quantitative estimate of drug-likeness (QED) is 0.405. The molecule has 0 fully saturated rings. The van der Waals surface area contributed by atoms with Gasteiger partial charge in [0.05, 0.1) is 0 Å². The van der Waals surface area contributed by atoms with Crippen molar-refractivity contribution in [2.75, 3.05) is 0 Å². The summed E-state index contributed by atoms with van der Waals surface area (Å²) in [7, 11) is 0. The van der Waals surface area contributed by atoms with Crippen molar-refractivity contribution in [3.05, 3.63) is 65.4 Å². The highest BCUT2D eigenvalue weighted by Crippen LogP contribution is 2.45. The Kier molecular flexibility index (Phi) is 4.97. The van der Waals surface area contributed by atoms with Crippen LogP contribution in [0.1, 0.15) is 25.0 Å². The fourth-order valence-electron chi connectivity index (χ4n) is 2.31. The van der Waals surface area contributed by atoms with E-state index in [4.69, 9.17) is 0 Å². The lowest BCUT2D eigenvalue weighted by Gasteiger charge is -2.30. The van der Waals surface area contributed by atoms with Crippen LogP contribution in [0.15, 0.2) is 54.3 Å². The molecule has 0 aromatic heterocycles. The van der Waals surface area contributed by atoms with Gasteiger partial charge in [-0.1, -0.05) is 89.7 Å². The molecule has 0 amide bonds. The zero-order chi connectivity index (χ0) is 14.2. The minimum Gasteiger partial charge on any atom is -0.0600 e. The highest BCUT2D eigenvalue weighted by Gasteiger charge is 2.31. The van der Waals surface area contributed by atoms with E-state index in [9.17, 15) is 0 Å². The van der Waals surface area contributed by atoms with Crippen LogP contribution < -0.4 is 0 Å². The summed E-state index contributed by atoms with van der Waals surface area (Å²) in [6.07, 6.45) is 0. The van der Waals surface area contributed by atoms with Crippen molar-refractivity contribution in [1.29, 1.82) is 0 Å². The molecule has 100 valence electrons.